The molecule has 4 aromatic rings. The van der Waals surface area contributed by atoms with Gasteiger partial charge in [-0.2, -0.15) is 0 Å². The Morgan fingerprint density at radius 2 is 1.20 bits per heavy atom. The highest BCUT2D eigenvalue weighted by atomic mass is 16.7. The quantitative estimate of drug-likeness (QED) is 0.0222. The van der Waals surface area contributed by atoms with E-state index in [9.17, 15) is 85.6 Å². The zero-order chi connectivity index (χ0) is 73.6. The lowest BCUT2D eigenvalue weighted by atomic mass is 9.93. The van der Waals surface area contributed by atoms with E-state index in [1.54, 1.807) is 43.3 Å². The number of carbonyl (C=O) groups excluding carboxylic acids is 5. The van der Waals surface area contributed by atoms with Crippen molar-refractivity contribution in [3.63, 3.8) is 0 Å². The molecule has 5 saturated heterocycles. The summed E-state index contributed by atoms with van der Waals surface area (Å²) in [4.78, 5) is 71.1. The van der Waals surface area contributed by atoms with Crippen molar-refractivity contribution in [2.45, 2.75) is 166 Å². The number of hydrogen-bond donors (Lipinski definition) is 23. The van der Waals surface area contributed by atoms with Gasteiger partial charge in [-0.15, -0.1) is 0 Å². The smallest absolute Gasteiger partial charge is 0.246 e. The minimum Gasteiger partial charge on any atom is -0.462 e. The molecular formula is C67H88N11O24. The molecule has 4 aromatic carbocycles. The number of hydrogen-bond acceptors (Lipinski definition) is 27. The molecule has 5 fully saturated rings. The van der Waals surface area contributed by atoms with Gasteiger partial charge < -0.3 is 143 Å². The van der Waals surface area contributed by atoms with Gasteiger partial charge in [0.1, 0.15) is 115 Å². The lowest BCUT2D eigenvalue weighted by molar-refractivity contribution is -0.354. The number of carbonyl (C=O) groups is 4. The van der Waals surface area contributed by atoms with Gasteiger partial charge >= 0.3 is 0 Å². The summed E-state index contributed by atoms with van der Waals surface area (Å²) in [6, 6.07) is 20.8. The summed E-state index contributed by atoms with van der Waals surface area (Å²) >= 11 is 0. The molecule has 5 aliphatic heterocycles. The third-order valence-electron chi connectivity index (χ3n) is 18.4. The van der Waals surface area contributed by atoms with Gasteiger partial charge in [-0.25, -0.2) is 0 Å². The molecule has 1 radical (unpaired) electrons. The van der Waals surface area contributed by atoms with Crippen LogP contribution in [0.3, 0.4) is 0 Å². The van der Waals surface area contributed by atoms with Crippen molar-refractivity contribution in [1.29, 1.82) is 10.8 Å². The lowest BCUT2D eigenvalue weighted by Gasteiger charge is -2.46. The number of nitrogens with one attached hydrogen (secondary N) is 9. The minimum atomic E-state index is -2.30. The Morgan fingerprint density at radius 3 is 1.78 bits per heavy atom. The van der Waals surface area contributed by atoms with Crippen LogP contribution in [0.1, 0.15) is 35.1 Å². The Morgan fingerprint density at radius 1 is 0.637 bits per heavy atom. The molecule has 0 spiro atoms. The predicted octanol–water partition coefficient (Wildman–Crippen LogP) is -8.21. The summed E-state index contributed by atoms with van der Waals surface area (Å²) < 4.78 is 35.3. The first-order valence-corrected chi connectivity index (χ1v) is 32.9. The zero-order valence-corrected chi connectivity index (χ0v) is 55.0. The molecule has 9 rings (SSSR count). The molecule has 24 N–H and O–H groups in total. The first kappa shape index (κ1) is 77.9. The Balaban J connectivity index is 0.916. The average Bonchev–Trinajstić information content (AvgIpc) is 1.25. The predicted molar refractivity (Wildman–Crippen MR) is 354 cm³/mol. The number of aliphatic hydroxyl groups is 13. The highest BCUT2D eigenvalue weighted by molar-refractivity contribution is 5.96. The van der Waals surface area contributed by atoms with Crippen molar-refractivity contribution < 1.29 is 119 Å². The van der Waals surface area contributed by atoms with E-state index in [4.69, 9.17) is 45.0 Å². The van der Waals surface area contributed by atoms with Crippen LogP contribution >= 0.6 is 0 Å². The standard InChI is InChI=1S/C67H88N11O24/c1-31(33-11-5-2-6-12-33)45(68)60(94)74-39(59(93)76-46(48(84)40-24-71-66(69)75-40)62(96)77-47(61(95)73-36(26-79)27-80)49(85)41-25-72-67(70)78(41)63-54(90)51(87)50(86)42(28-81)99-63)23-32-17-19-37(20-18-32)98-64-56(92)53(89)58(44(30-83)101-64)102-65-55(91)52(88)57(43(29-82)100-65)97-22-21-38(34-13-7-3-8-14-34)35-15-9-4-10-16-35/h2-21,31,36,39-58,63-65,79,81-92H,22-26,28-30,68H2,1H3,(H2,70,72)(H,73,95)(H,74,94)(H,76,93)(H,77,96)(H3,69,71,75). The van der Waals surface area contributed by atoms with Crippen LogP contribution in [0.15, 0.2) is 121 Å². The fourth-order valence-corrected chi connectivity index (χ4v) is 12.6. The van der Waals surface area contributed by atoms with Crippen LogP contribution in [0, 0.1) is 10.8 Å². The number of aliphatic hydroxyl groups excluding tert-OH is 13. The Hall–Kier alpha value is -8.25. The number of ether oxygens (including phenoxy) is 6. The third kappa shape index (κ3) is 18.2. The van der Waals surface area contributed by atoms with Crippen molar-refractivity contribution in [3.05, 3.63) is 144 Å². The number of nitrogens with two attached hydrogens (primary N) is 1. The van der Waals surface area contributed by atoms with Crippen molar-refractivity contribution in [2.75, 3.05) is 46.1 Å². The van der Waals surface area contributed by atoms with E-state index in [0.717, 1.165) is 21.6 Å². The SMILES string of the molecule is CC(c1ccccc1)C(N)C(=O)NC(Cc1ccc(OC2OC(CO)C(OC3OC(CO)C(OCC=C(c4ccccc4)c4ccccc4)C(O)C3O)C(O)C2O)cc1)C(=O)NC(C(=O)NC(C(=O)NC([C]=O)CO)C(O)C1CNC(=N)N1C1OC(CO)C(O)C(O)C1O)C(O)C1CNC(=N)N1. The monoisotopic (exact) mass is 1430 g/mol. The first-order valence-electron chi connectivity index (χ1n) is 32.9. The molecule has 555 valence electrons. The van der Waals surface area contributed by atoms with Gasteiger partial charge in [-0.1, -0.05) is 116 Å². The van der Waals surface area contributed by atoms with Crippen LogP contribution in [0.5, 0.6) is 5.75 Å². The van der Waals surface area contributed by atoms with E-state index >= 15 is 4.79 Å². The van der Waals surface area contributed by atoms with Gasteiger partial charge in [0.25, 0.3) is 0 Å². The summed E-state index contributed by atoms with van der Waals surface area (Å²) in [7, 11) is 0. The van der Waals surface area contributed by atoms with E-state index < -0.39 is 221 Å². The van der Waals surface area contributed by atoms with Crippen molar-refractivity contribution in [2.24, 2.45) is 5.73 Å². The van der Waals surface area contributed by atoms with Crippen LogP contribution in [-0.4, -0.2) is 306 Å². The summed E-state index contributed by atoms with van der Waals surface area (Å²) in [6.45, 7) is -2.68. The summed E-state index contributed by atoms with van der Waals surface area (Å²) in [5.41, 5.74) is 9.98. The van der Waals surface area contributed by atoms with Crippen molar-refractivity contribution in [1.82, 2.24) is 42.1 Å². The number of rotatable bonds is 31. The van der Waals surface area contributed by atoms with Crippen LogP contribution < -0.4 is 47.7 Å². The lowest BCUT2D eigenvalue weighted by Crippen LogP contribution is -2.69. The highest BCUT2D eigenvalue weighted by Crippen LogP contribution is 2.34. The second-order valence-corrected chi connectivity index (χ2v) is 25.2. The second-order valence-electron chi connectivity index (χ2n) is 25.2. The molecule has 0 aliphatic carbocycles. The molecule has 102 heavy (non-hydrogen) atoms. The molecule has 35 nitrogen and oxygen atoms in total. The van der Waals surface area contributed by atoms with Crippen LogP contribution in [0.4, 0.5) is 0 Å². The highest BCUT2D eigenvalue weighted by Gasteiger charge is 2.55. The molecule has 25 unspecified atom stereocenters. The van der Waals surface area contributed by atoms with Gasteiger partial charge in [0.2, 0.25) is 36.2 Å². The molecule has 5 aliphatic rings. The summed E-state index contributed by atoms with van der Waals surface area (Å²) in [5, 5.41) is 177. The molecule has 0 saturated carbocycles. The molecular weight excluding hydrogens is 1340 g/mol. The van der Waals surface area contributed by atoms with E-state index in [1.807, 2.05) is 60.7 Å². The number of benzene rings is 4. The summed E-state index contributed by atoms with van der Waals surface area (Å²) in [6.07, 6.45) is -27.6. The van der Waals surface area contributed by atoms with Crippen LogP contribution in [-0.2, 0) is 54.1 Å². The average molecular weight is 1430 g/mol. The van der Waals surface area contributed by atoms with Crippen LogP contribution in [0.2, 0.25) is 0 Å². The van der Waals surface area contributed by atoms with E-state index in [2.05, 4.69) is 37.2 Å². The Kier molecular flexibility index (Phi) is 27.3. The maximum absolute atomic E-state index is 15.0. The molecule has 25 atom stereocenters. The van der Waals surface area contributed by atoms with Crippen molar-refractivity contribution >= 4 is 47.4 Å². The van der Waals surface area contributed by atoms with Gasteiger partial charge in [-0.3, -0.25) is 34.8 Å². The maximum atomic E-state index is 15.0. The Labute approximate surface area is 584 Å². The number of amides is 4. The fraction of sp³-hybridized carbons (Fsp3) is 0.507. The normalized spacial score (nSPS) is 30.3. The zero-order valence-electron chi connectivity index (χ0n) is 55.0. The largest absolute Gasteiger partial charge is 0.462 e. The summed E-state index contributed by atoms with van der Waals surface area (Å²) in [5.74, 6) is -6.54. The third-order valence-corrected chi connectivity index (χ3v) is 18.4. The first-order chi connectivity index (χ1) is 48.9. The molecule has 5 heterocycles. The molecule has 35 heteroatoms. The van der Waals surface area contributed by atoms with Crippen molar-refractivity contribution in [3.8, 4) is 5.75 Å². The number of guanidine groups is 2. The van der Waals surface area contributed by atoms with Gasteiger partial charge in [0, 0.05) is 25.4 Å². The van der Waals surface area contributed by atoms with Gasteiger partial charge in [-0.05, 0) is 40.0 Å². The molecule has 4 amide bonds. The maximum Gasteiger partial charge on any atom is 0.246 e. The second kappa shape index (κ2) is 35.8. The van der Waals surface area contributed by atoms with Gasteiger partial charge in [0.15, 0.2) is 24.4 Å². The van der Waals surface area contributed by atoms with E-state index in [-0.39, 0.29) is 30.4 Å². The minimum absolute atomic E-state index is 0.0444. The van der Waals surface area contributed by atoms with Crippen LogP contribution in [0.25, 0.3) is 5.57 Å². The topological polar surface area (TPSA) is 565 Å². The Bertz CT molecular complexity index is 3430. The number of nitrogens with zero attached hydrogens (tertiary/aromatic N) is 1. The fourth-order valence-electron chi connectivity index (χ4n) is 12.6. The molecule has 0 aromatic heterocycles. The van der Waals surface area contributed by atoms with Gasteiger partial charge in [0.05, 0.1) is 51.2 Å². The van der Waals surface area contributed by atoms with E-state index in [1.165, 1.54) is 30.6 Å². The van der Waals surface area contributed by atoms with E-state index in [0.29, 0.717) is 5.56 Å². The molecule has 0 bridgehead atoms.